The average Bonchev–Trinajstić information content (AvgIpc) is 2.75. The Hall–Kier alpha value is -1.69. The largest absolute Gasteiger partial charge is 0.397 e. The van der Waals surface area contributed by atoms with E-state index in [0.717, 1.165) is 0 Å². The lowest BCUT2D eigenvalue weighted by Gasteiger charge is -2.22. The monoisotopic (exact) mass is 272 g/mol. The molecule has 5 nitrogen and oxygen atoms in total. The number of amides is 1. The number of nitrogens with two attached hydrogens (primary N) is 3. The maximum atomic E-state index is 14.1. The fourth-order valence-corrected chi connectivity index (χ4v) is 2.32. The van der Waals surface area contributed by atoms with Crippen LogP contribution < -0.4 is 22.1 Å². The lowest BCUT2D eigenvalue weighted by molar-refractivity contribution is -0.121. The Bertz CT molecular complexity index is 508. The summed E-state index contributed by atoms with van der Waals surface area (Å²) in [5.41, 5.74) is 17.0. The number of rotatable bonds is 2. The Labute approximate surface area is 109 Å². The Morgan fingerprint density at radius 2 is 2.11 bits per heavy atom. The number of carbonyl (C=O) groups excluding carboxylic acids is 1. The predicted octanol–water partition coefficient (Wildman–Crippen LogP) is 0.955. The lowest BCUT2D eigenvalue weighted by Crippen LogP contribution is -2.28. The van der Waals surface area contributed by atoms with Gasteiger partial charge in [-0.15, -0.1) is 0 Å². The van der Waals surface area contributed by atoms with Crippen LogP contribution in [0.4, 0.5) is 21.5 Å². The molecule has 1 fully saturated rings. The van der Waals surface area contributed by atoms with Crippen LogP contribution in [0.1, 0.15) is 6.42 Å². The van der Waals surface area contributed by atoms with Crippen molar-refractivity contribution in [1.82, 2.24) is 0 Å². The number of anilines is 3. The Morgan fingerprint density at radius 1 is 1.44 bits per heavy atom. The second kappa shape index (κ2) is 4.53. The molecule has 0 saturated carbocycles. The van der Waals surface area contributed by atoms with E-state index in [0.29, 0.717) is 19.5 Å². The molecule has 7 heteroatoms. The zero-order valence-electron chi connectivity index (χ0n) is 9.62. The molecule has 98 valence electrons. The molecule has 1 atom stereocenters. The SMILES string of the molecule is NC(=O)C1CCN(c2c(N)cc(N)c(Cl)c2F)C1. The summed E-state index contributed by atoms with van der Waals surface area (Å²) in [5, 5.41) is -0.151. The number of nitrogens with zero attached hydrogens (tertiary/aromatic N) is 1. The second-order valence-electron chi connectivity index (χ2n) is 4.37. The molecular formula is C11H14ClFN4O. The van der Waals surface area contributed by atoms with Crippen molar-refractivity contribution in [2.24, 2.45) is 11.7 Å². The van der Waals surface area contributed by atoms with Crippen LogP contribution in [0.25, 0.3) is 0 Å². The van der Waals surface area contributed by atoms with Crippen molar-refractivity contribution in [2.75, 3.05) is 29.5 Å². The van der Waals surface area contributed by atoms with E-state index in [1.807, 2.05) is 0 Å². The van der Waals surface area contributed by atoms with E-state index >= 15 is 0 Å². The van der Waals surface area contributed by atoms with E-state index in [9.17, 15) is 9.18 Å². The van der Waals surface area contributed by atoms with Crippen molar-refractivity contribution >= 4 is 34.6 Å². The summed E-state index contributed by atoms with van der Waals surface area (Å²) >= 11 is 5.76. The van der Waals surface area contributed by atoms with Crippen LogP contribution in [0.2, 0.25) is 5.02 Å². The fraction of sp³-hybridized carbons (Fsp3) is 0.364. The van der Waals surface area contributed by atoms with Gasteiger partial charge in [-0.2, -0.15) is 0 Å². The van der Waals surface area contributed by atoms with Gasteiger partial charge in [-0.3, -0.25) is 4.79 Å². The molecule has 1 heterocycles. The van der Waals surface area contributed by atoms with Crippen molar-refractivity contribution in [3.05, 3.63) is 16.9 Å². The summed E-state index contributed by atoms with van der Waals surface area (Å²) in [6.07, 6.45) is 0.580. The first-order valence-corrected chi connectivity index (χ1v) is 5.86. The average molecular weight is 273 g/mol. The number of carbonyl (C=O) groups is 1. The number of nitrogen functional groups attached to an aromatic ring is 2. The summed E-state index contributed by atoms with van der Waals surface area (Å²) < 4.78 is 14.1. The molecule has 1 aromatic carbocycles. The number of hydrogen-bond donors (Lipinski definition) is 3. The van der Waals surface area contributed by atoms with Gasteiger partial charge in [0.1, 0.15) is 5.02 Å². The number of primary amides is 1. The first kappa shape index (κ1) is 12.8. The molecule has 0 aromatic heterocycles. The predicted molar refractivity (Wildman–Crippen MR) is 69.7 cm³/mol. The van der Waals surface area contributed by atoms with Gasteiger partial charge >= 0.3 is 0 Å². The van der Waals surface area contributed by atoms with Crippen molar-refractivity contribution in [3.63, 3.8) is 0 Å². The molecule has 1 aliphatic rings. The number of benzene rings is 1. The maximum Gasteiger partial charge on any atom is 0.222 e. The third-order valence-corrected chi connectivity index (χ3v) is 3.53. The second-order valence-corrected chi connectivity index (χ2v) is 4.74. The molecule has 6 N–H and O–H groups in total. The molecule has 1 unspecified atom stereocenters. The number of halogens is 2. The third kappa shape index (κ3) is 2.03. The summed E-state index contributed by atoms with van der Waals surface area (Å²) in [7, 11) is 0. The standard InChI is InChI=1S/C11H14ClFN4O/c12-8-6(14)3-7(15)10(9(8)13)17-2-1-5(4-17)11(16)18/h3,5H,1-2,4,14-15H2,(H2,16,18). The van der Waals surface area contributed by atoms with E-state index in [2.05, 4.69) is 0 Å². The molecule has 18 heavy (non-hydrogen) atoms. The van der Waals surface area contributed by atoms with Gasteiger partial charge in [0, 0.05) is 13.1 Å². The van der Waals surface area contributed by atoms with Gasteiger partial charge in [0.05, 0.1) is 23.0 Å². The summed E-state index contributed by atoms with van der Waals surface area (Å²) in [6, 6.07) is 1.42. The Morgan fingerprint density at radius 3 is 2.67 bits per heavy atom. The summed E-state index contributed by atoms with van der Waals surface area (Å²) in [6.45, 7) is 0.853. The smallest absolute Gasteiger partial charge is 0.222 e. The fourth-order valence-electron chi connectivity index (χ4n) is 2.17. The first-order valence-electron chi connectivity index (χ1n) is 5.49. The highest BCUT2D eigenvalue weighted by Crippen LogP contribution is 2.38. The van der Waals surface area contributed by atoms with Gasteiger partial charge < -0.3 is 22.1 Å². The van der Waals surface area contributed by atoms with E-state index in [4.69, 9.17) is 28.8 Å². The highest BCUT2D eigenvalue weighted by Gasteiger charge is 2.30. The highest BCUT2D eigenvalue weighted by molar-refractivity contribution is 6.33. The van der Waals surface area contributed by atoms with E-state index in [1.54, 1.807) is 4.90 Å². The molecule has 0 bridgehead atoms. The van der Waals surface area contributed by atoms with Crippen LogP contribution in [0.3, 0.4) is 0 Å². The van der Waals surface area contributed by atoms with Gasteiger partial charge in [-0.25, -0.2) is 4.39 Å². The molecule has 0 radical (unpaired) electrons. The van der Waals surface area contributed by atoms with Gasteiger partial charge in [0.25, 0.3) is 0 Å². The highest BCUT2D eigenvalue weighted by atomic mass is 35.5. The molecule has 1 saturated heterocycles. The molecule has 0 spiro atoms. The summed E-state index contributed by atoms with van der Waals surface area (Å²) in [4.78, 5) is 12.8. The van der Waals surface area contributed by atoms with Crippen LogP contribution in [0.5, 0.6) is 0 Å². The molecule has 1 aliphatic heterocycles. The van der Waals surface area contributed by atoms with Crippen LogP contribution in [0, 0.1) is 11.7 Å². The van der Waals surface area contributed by atoms with E-state index in [1.165, 1.54) is 6.07 Å². The zero-order valence-corrected chi connectivity index (χ0v) is 10.4. The quantitative estimate of drug-likeness (QED) is 0.698. The molecule has 0 aliphatic carbocycles. The maximum absolute atomic E-state index is 14.1. The minimum atomic E-state index is -0.653. The van der Waals surface area contributed by atoms with Crippen LogP contribution >= 0.6 is 11.6 Å². The van der Waals surface area contributed by atoms with E-state index < -0.39 is 11.7 Å². The first-order chi connectivity index (χ1) is 8.41. The Kier molecular flexibility index (Phi) is 3.21. The minimum absolute atomic E-state index is 0.0982. The van der Waals surface area contributed by atoms with Crippen LogP contribution in [-0.2, 0) is 4.79 Å². The molecule has 2 rings (SSSR count). The molecule has 1 amide bonds. The van der Waals surface area contributed by atoms with Gasteiger partial charge in [-0.05, 0) is 12.5 Å². The molecular weight excluding hydrogens is 259 g/mol. The van der Waals surface area contributed by atoms with Gasteiger partial charge in [0.15, 0.2) is 5.82 Å². The van der Waals surface area contributed by atoms with Crippen LogP contribution in [0.15, 0.2) is 6.07 Å². The van der Waals surface area contributed by atoms with Crippen molar-refractivity contribution in [1.29, 1.82) is 0 Å². The third-order valence-electron chi connectivity index (χ3n) is 3.15. The van der Waals surface area contributed by atoms with Gasteiger partial charge in [0.2, 0.25) is 5.91 Å². The van der Waals surface area contributed by atoms with Crippen molar-refractivity contribution in [3.8, 4) is 0 Å². The zero-order chi connectivity index (χ0) is 13.4. The lowest BCUT2D eigenvalue weighted by atomic mass is 10.1. The Balaban J connectivity index is 2.36. The number of hydrogen-bond acceptors (Lipinski definition) is 4. The molecule has 1 aromatic rings. The normalized spacial score (nSPS) is 19.2. The van der Waals surface area contributed by atoms with E-state index in [-0.39, 0.29) is 28.0 Å². The van der Waals surface area contributed by atoms with Crippen molar-refractivity contribution in [2.45, 2.75) is 6.42 Å². The van der Waals surface area contributed by atoms with Gasteiger partial charge in [-0.1, -0.05) is 11.6 Å². The van der Waals surface area contributed by atoms with Crippen LogP contribution in [-0.4, -0.2) is 19.0 Å². The summed E-state index contributed by atoms with van der Waals surface area (Å²) in [5.74, 6) is -1.34. The van der Waals surface area contributed by atoms with Crippen molar-refractivity contribution < 1.29 is 9.18 Å². The minimum Gasteiger partial charge on any atom is -0.397 e. The topological polar surface area (TPSA) is 98.4 Å².